The number of carbonyl (C=O) groups excluding carboxylic acids is 1. The van der Waals surface area contributed by atoms with Crippen molar-refractivity contribution in [3.63, 3.8) is 0 Å². The summed E-state index contributed by atoms with van der Waals surface area (Å²) in [6.45, 7) is 1.72. The molecule has 1 heterocycles. The topological polar surface area (TPSA) is 113 Å². The molecule has 124 valence electrons. The van der Waals surface area contributed by atoms with Gasteiger partial charge in [0.25, 0.3) is 5.69 Å². The number of urea groups is 1. The van der Waals surface area contributed by atoms with Gasteiger partial charge in [-0.3, -0.25) is 14.9 Å². The van der Waals surface area contributed by atoms with Crippen molar-refractivity contribution in [3.8, 4) is 0 Å². The van der Waals surface area contributed by atoms with E-state index < -0.39 is 28.7 Å². The van der Waals surface area contributed by atoms with E-state index in [2.05, 4.69) is 5.32 Å². The first-order valence-corrected chi connectivity index (χ1v) is 7.03. The summed E-state index contributed by atoms with van der Waals surface area (Å²) in [6.07, 6.45) is 1.00. The number of nitro groups is 1. The number of benzene rings is 1. The first kappa shape index (κ1) is 16.7. The molecule has 2 amide bonds. The van der Waals surface area contributed by atoms with Gasteiger partial charge in [0.2, 0.25) is 0 Å². The lowest BCUT2D eigenvalue weighted by Crippen LogP contribution is -2.44. The van der Waals surface area contributed by atoms with E-state index in [1.807, 2.05) is 0 Å². The van der Waals surface area contributed by atoms with Crippen LogP contribution >= 0.6 is 0 Å². The van der Waals surface area contributed by atoms with Crippen molar-refractivity contribution in [3.05, 3.63) is 33.6 Å². The van der Waals surface area contributed by atoms with E-state index in [9.17, 15) is 24.1 Å². The zero-order chi connectivity index (χ0) is 17.1. The largest absolute Gasteiger partial charge is 0.481 e. The molecule has 1 aromatic rings. The van der Waals surface area contributed by atoms with Crippen LogP contribution < -0.4 is 5.32 Å². The Morgan fingerprint density at radius 2 is 2.17 bits per heavy atom. The number of aliphatic carboxylic acids is 1. The summed E-state index contributed by atoms with van der Waals surface area (Å²) in [7, 11) is 0. The predicted octanol–water partition coefficient (Wildman–Crippen LogP) is 2.37. The number of hydrogen-bond acceptors (Lipinski definition) is 4. The molecule has 8 nitrogen and oxygen atoms in total. The number of piperidine rings is 1. The number of halogens is 1. The fourth-order valence-corrected chi connectivity index (χ4v) is 2.57. The lowest BCUT2D eigenvalue weighted by Gasteiger charge is -2.30. The Morgan fingerprint density at radius 3 is 2.78 bits per heavy atom. The van der Waals surface area contributed by atoms with Gasteiger partial charge in [0.15, 0.2) is 0 Å². The molecule has 0 aromatic heterocycles. The fourth-order valence-electron chi connectivity index (χ4n) is 2.57. The van der Waals surface area contributed by atoms with Crippen molar-refractivity contribution in [2.75, 3.05) is 18.4 Å². The van der Waals surface area contributed by atoms with Crippen LogP contribution in [-0.4, -0.2) is 40.0 Å². The molecule has 0 radical (unpaired) electrons. The maximum absolute atomic E-state index is 13.9. The molecule has 2 rings (SSSR count). The molecule has 0 aliphatic carbocycles. The quantitative estimate of drug-likeness (QED) is 0.654. The number of nitrogens with zero attached hydrogens (tertiary/aromatic N) is 2. The highest BCUT2D eigenvalue weighted by Crippen LogP contribution is 2.29. The Hall–Kier alpha value is -2.71. The third-order valence-electron chi connectivity index (χ3n) is 3.87. The number of rotatable bonds is 3. The second kappa shape index (κ2) is 6.59. The van der Waals surface area contributed by atoms with E-state index in [0.29, 0.717) is 19.4 Å². The zero-order valence-corrected chi connectivity index (χ0v) is 12.4. The molecule has 23 heavy (non-hydrogen) atoms. The molecule has 1 unspecified atom stereocenters. The molecule has 1 aromatic carbocycles. The van der Waals surface area contributed by atoms with E-state index in [-0.39, 0.29) is 23.5 Å². The van der Waals surface area contributed by atoms with Gasteiger partial charge in [-0.1, -0.05) is 0 Å². The lowest BCUT2D eigenvalue weighted by molar-refractivity contribution is -0.385. The summed E-state index contributed by atoms with van der Waals surface area (Å²) >= 11 is 0. The molecule has 1 aliphatic rings. The molecule has 0 saturated carbocycles. The molecule has 9 heteroatoms. The van der Waals surface area contributed by atoms with Crippen LogP contribution in [0.5, 0.6) is 0 Å². The van der Waals surface area contributed by atoms with Crippen LogP contribution in [0.3, 0.4) is 0 Å². The highest BCUT2D eigenvalue weighted by molar-refractivity contribution is 5.91. The van der Waals surface area contributed by atoms with Crippen LogP contribution in [0.4, 0.5) is 20.6 Å². The summed E-state index contributed by atoms with van der Waals surface area (Å²) in [4.78, 5) is 34.7. The number of likely N-dealkylation sites (tertiary alicyclic amines) is 1. The Morgan fingerprint density at radius 1 is 1.48 bits per heavy atom. The second-order valence-electron chi connectivity index (χ2n) is 5.38. The monoisotopic (exact) mass is 325 g/mol. The molecule has 0 bridgehead atoms. The smallest absolute Gasteiger partial charge is 0.321 e. The Balaban J connectivity index is 2.18. The maximum atomic E-state index is 13.9. The molecule has 0 spiro atoms. The summed E-state index contributed by atoms with van der Waals surface area (Å²) in [6, 6.07) is 1.28. The van der Waals surface area contributed by atoms with E-state index in [1.54, 1.807) is 0 Å². The van der Waals surface area contributed by atoms with Crippen LogP contribution in [-0.2, 0) is 4.79 Å². The number of nitro benzene ring substituents is 1. The van der Waals surface area contributed by atoms with Crippen LogP contribution in [0.15, 0.2) is 12.1 Å². The average molecular weight is 325 g/mol. The van der Waals surface area contributed by atoms with Crippen molar-refractivity contribution < 1.29 is 24.0 Å². The van der Waals surface area contributed by atoms with Gasteiger partial charge in [0.1, 0.15) is 5.82 Å². The van der Waals surface area contributed by atoms with Gasteiger partial charge >= 0.3 is 12.0 Å². The van der Waals surface area contributed by atoms with E-state index in [1.165, 1.54) is 11.8 Å². The standard InChI is InChI=1S/C14H16FN3O5/c1-8-11(18(22)23)5-4-10(15)12(8)16-14(21)17-6-2-3-9(7-17)13(19)20/h4-5,9H,2-3,6-7H2,1H3,(H,16,21)(H,19,20). The highest BCUT2D eigenvalue weighted by atomic mass is 19.1. The predicted molar refractivity (Wildman–Crippen MR) is 78.7 cm³/mol. The SMILES string of the molecule is Cc1c([N+](=O)[O-])ccc(F)c1NC(=O)N1CCCC(C(=O)O)C1. The number of carboxylic acid groups (broad SMARTS) is 1. The van der Waals surface area contributed by atoms with Gasteiger partial charge in [0, 0.05) is 19.2 Å². The molecule has 1 saturated heterocycles. The minimum atomic E-state index is -0.986. The van der Waals surface area contributed by atoms with E-state index in [4.69, 9.17) is 5.11 Å². The maximum Gasteiger partial charge on any atom is 0.321 e. The van der Waals surface area contributed by atoms with Crippen LogP contribution in [0.25, 0.3) is 0 Å². The Labute approximate surface area is 131 Å². The van der Waals surface area contributed by atoms with Crippen molar-refractivity contribution in [1.82, 2.24) is 4.90 Å². The lowest BCUT2D eigenvalue weighted by atomic mass is 9.99. The summed E-state index contributed by atoms with van der Waals surface area (Å²) in [5.74, 6) is -2.43. The van der Waals surface area contributed by atoms with Crippen molar-refractivity contribution >= 4 is 23.4 Å². The van der Waals surface area contributed by atoms with Crippen molar-refractivity contribution in [1.29, 1.82) is 0 Å². The molecule has 1 aliphatic heterocycles. The third kappa shape index (κ3) is 3.55. The molecule has 1 atom stereocenters. The number of hydrogen-bond donors (Lipinski definition) is 2. The van der Waals surface area contributed by atoms with E-state index in [0.717, 1.165) is 12.1 Å². The minimum Gasteiger partial charge on any atom is -0.481 e. The van der Waals surface area contributed by atoms with Gasteiger partial charge < -0.3 is 15.3 Å². The average Bonchev–Trinajstić information content (AvgIpc) is 2.50. The first-order chi connectivity index (χ1) is 10.8. The number of nitrogens with one attached hydrogen (secondary N) is 1. The summed E-state index contributed by atoms with van der Waals surface area (Å²) in [5.41, 5.74) is -0.555. The first-order valence-electron chi connectivity index (χ1n) is 7.03. The highest BCUT2D eigenvalue weighted by Gasteiger charge is 2.29. The Bertz CT molecular complexity index is 664. The summed E-state index contributed by atoms with van der Waals surface area (Å²) < 4.78 is 13.9. The molecular formula is C14H16FN3O5. The normalized spacial score (nSPS) is 17.7. The van der Waals surface area contributed by atoms with Gasteiger partial charge in [-0.05, 0) is 25.8 Å². The van der Waals surface area contributed by atoms with Crippen LogP contribution in [0.1, 0.15) is 18.4 Å². The van der Waals surface area contributed by atoms with Crippen molar-refractivity contribution in [2.45, 2.75) is 19.8 Å². The molecule has 1 fully saturated rings. The van der Waals surface area contributed by atoms with E-state index >= 15 is 0 Å². The van der Waals surface area contributed by atoms with Gasteiger partial charge in [-0.2, -0.15) is 0 Å². The van der Waals surface area contributed by atoms with Gasteiger partial charge in [0.05, 0.1) is 22.1 Å². The van der Waals surface area contributed by atoms with Gasteiger partial charge in [-0.15, -0.1) is 0 Å². The van der Waals surface area contributed by atoms with Gasteiger partial charge in [-0.25, -0.2) is 9.18 Å². The Kier molecular flexibility index (Phi) is 4.77. The molecular weight excluding hydrogens is 309 g/mol. The number of amides is 2. The fraction of sp³-hybridized carbons (Fsp3) is 0.429. The third-order valence-corrected chi connectivity index (χ3v) is 3.87. The van der Waals surface area contributed by atoms with Crippen molar-refractivity contribution in [2.24, 2.45) is 5.92 Å². The zero-order valence-electron chi connectivity index (χ0n) is 12.4. The minimum absolute atomic E-state index is 0.00939. The van der Waals surface area contributed by atoms with Crippen LogP contribution in [0.2, 0.25) is 0 Å². The number of carboxylic acids is 1. The molecule has 2 N–H and O–H groups in total. The summed E-state index contributed by atoms with van der Waals surface area (Å²) in [5, 5.41) is 22.2. The number of carbonyl (C=O) groups is 2. The second-order valence-corrected chi connectivity index (χ2v) is 5.38. The number of anilines is 1. The van der Waals surface area contributed by atoms with Crippen LogP contribution in [0, 0.1) is 28.8 Å².